The van der Waals surface area contributed by atoms with Gasteiger partial charge in [-0.25, -0.2) is 0 Å². The van der Waals surface area contributed by atoms with Crippen molar-refractivity contribution in [3.05, 3.63) is 59.7 Å². The maximum Gasteiger partial charge on any atom is 0.253 e. The number of ether oxygens (including phenoxy) is 2. The van der Waals surface area contributed by atoms with Crippen LogP contribution in [0.2, 0.25) is 0 Å². The Morgan fingerprint density at radius 1 is 1.07 bits per heavy atom. The van der Waals surface area contributed by atoms with Crippen LogP contribution in [0.1, 0.15) is 15.9 Å². The van der Waals surface area contributed by atoms with Crippen molar-refractivity contribution in [1.29, 1.82) is 0 Å². The Labute approximate surface area is 189 Å². The number of carbonyl (C=O) groups is 1. The average Bonchev–Trinajstić information content (AvgIpc) is 2.73. The van der Waals surface area contributed by atoms with Gasteiger partial charge >= 0.3 is 0 Å². The van der Waals surface area contributed by atoms with Crippen molar-refractivity contribution >= 4 is 35.8 Å². The van der Waals surface area contributed by atoms with Crippen LogP contribution in [0.3, 0.4) is 0 Å². The Balaban J connectivity index is 0.00000420. The first-order chi connectivity index (χ1) is 13.5. The van der Waals surface area contributed by atoms with Crippen LogP contribution in [0, 0.1) is 0 Å². The molecule has 8 heteroatoms. The molecular formula is C21H29IN4O3. The second-order valence-electron chi connectivity index (χ2n) is 6.28. The van der Waals surface area contributed by atoms with Crippen LogP contribution in [0.5, 0.6) is 11.5 Å². The predicted molar refractivity (Wildman–Crippen MR) is 127 cm³/mol. The van der Waals surface area contributed by atoms with Gasteiger partial charge in [-0.05, 0) is 29.8 Å². The van der Waals surface area contributed by atoms with E-state index >= 15 is 0 Å². The van der Waals surface area contributed by atoms with Crippen LogP contribution in [0.25, 0.3) is 0 Å². The Morgan fingerprint density at radius 3 is 2.38 bits per heavy atom. The maximum atomic E-state index is 11.9. The fourth-order valence-electron chi connectivity index (χ4n) is 2.46. The minimum atomic E-state index is -0.00646. The summed E-state index contributed by atoms with van der Waals surface area (Å²) in [5, 5.41) is 6.45. The molecule has 2 aromatic rings. The predicted octanol–water partition coefficient (Wildman–Crippen LogP) is 2.76. The number of amides is 1. The number of benzene rings is 2. The van der Waals surface area contributed by atoms with E-state index in [2.05, 4.69) is 15.6 Å². The molecule has 2 N–H and O–H groups in total. The number of aliphatic imine (C=N–C) groups is 1. The average molecular weight is 512 g/mol. The SMILES string of the molecule is CN=C(NCCOc1cccc(OC)c1)NCc1ccc(C(=O)N(C)C)cc1.I. The number of nitrogens with one attached hydrogen (secondary N) is 2. The summed E-state index contributed by atoms with van der Waals surface area (Å²) in [6.07, 6.45) is 0. The third-order valence-corrected chi connectivity index (χ3v) is 4.00. The van der Waals surface area contributed by atoms with Gasteiger partial charge in [0.05, 0.1) is 13.7 Å². The normalized spacial score (nSPS) is 10.6. The molecule has 0 atom stereocenters. The van der Waals surface area contributed by atoms with E-state index in [1.165, 1.54) is 0 Å². The lowest BCUT2D eigenvalue weighted by Gasteiger charge is -2.13. The summed E-state index contributed by atoms with van der Waals surface area (Å²) in [5.41, 5.74) is 1.73. The van der Waals surface area contributed by atoms with Crippen LogP contribution < -0.4 is 20.1 Å². The van der Waals surface area contributed by atoms with Crippen LogP contribution in [0.4, 0.5) is 0 Å². The zero-order valence-electron chi connectivity index (χ0n) is 17.3. The molecule has 0 fully saturated rings. The molecule has 1 amide bonds. The molecule has 0 saturated heterocycles. The first-order valence-electron chi connectivity index (χ1n) is 9.05. The number of guanidine groups is 1. The number of nitrogens with zero attached hydrogens (tertiary/aromatic N) is 2. The van der Waals surface area contributed by atoms with Crippen molar-refractivity contribution in [2.75, 3.05) is 41.4 Å². The highest BCUT2D eigenvalue weighted by atomic mass is 127. The van der Waals surface area contributed by atoms with Crippen molar-refractivity contribution < 1.29 is 14.3 Å². The second kappa shape index (κ2) is 12.9. The fraction of sp³-hybridized carbons (Fsp3) is 0.333. The zero-order chi connectivity index (χ0) is 20.4. The van der Waals surface area contributed by atoms with Crippen LogP contribution in [0.15, 0.2) is 53.5 Å². The van der Waals surface area contributed by atoms with Crippen molar-refractivity contribution in [2.45, 2.75) is 6.54 Å². The summed E-state index contributed by atoms with van der Waals surface area (Å²) < 4.78 is 10.9. The Bertz CT molecular complexity index is 795. The smallest absolute Gasteiger partial charge is 0.253 e. The summed E-state index contributed by atoms with van der Waals surface area (Å²) >= 11 is 0. The minimum absolute atomic E-state index is 0. The molecule has 7 nitrogen and oxygen atoms in total. The molecule has 0 aliphatic heterocycles. The summed E-state index contributed by atoms with van der Waals surface area (Å²) in [5.74, 6) is 2.20. The summed E-state index contributed by atoms with van der Waals surface area (Å²) in [4.78, 5) is 17.7. The Morgan fingerprint density at radius 2 is 1.76 bits per heavy atom. The molecule has 0 spiro atoms. The Hall–Kier alpha value is -2.49. The highest BCUT2D eigenvalue weighted by Gasteiger charge is 2.07. The standard InChI is InChI=1S/C21H28N4O3.HI/c1-22-21(23-12-13-28-19-7-5-6-18(14-19)27-4)24-15-16-8-10-17(11-9-16)20(26)25(2)3;/h5-11,14H,12-13,15H2,1-4H3,(H2,22,23,24);1H. The van der Waals surface area contributed by atoms with Gasteiger partial charge in [-0.15, -0.1) is 24.0 Å². The largest absolute Gasteiger partial charge is 0.497 e. The first-order valence-corrected chi connectivity index (χ1v) is 9.05. The van der Waals surface area contributed by atoms with E-state index in [0.717, 1.165) is 17.1 Å². The van der Waals surface area contributed by atoms with Crippen LogP contribution in [-0.4, -0.2) is 58.2 Å². The monoisotopic (exact) mass is 512 g/mol. The van der Waals surface area contributed by atoms with Gasteiger partial charge in [-0.1, -0.05) is 18.2 Å². The zero-order valence-corrected chi connectivity index (χ0v) is 19.6. The quantitative estimate of drug-likeness (QED) is 0.246. The lowest BCUT2D eigenvalue weighted by atomic mass is 10.1. The third-order valence-electron chi connectivity index (χ3n) is 4.00. The molecular weight excluding hydrogens is 483 g/mol. The first kappa shape index (κ1) is 24.5. The van der Waals surface area contributed by atoms with Crippen LogP contribution in [-0.2, 0) is 6.54 Å². The molecule has 0 aliphatic carbocycles. The number of hydrogen-bond acceptors (Lipinski definition) is 4. The molecule has 0 bridgehead atoms. The van der Waals surface area contributed by atoms with E-state index < -0.39 is 0 Å². The molecule has 0 aromatic heterocycles. The van der Waals surface area contributed by atoms with Crippen molar-refractivity contribution in [3.8, 4) is 11.5 Å². The highest BCUT2D eigenvalue weighted by Crippen LogP contribution is 2.18. The molecule has 0 unspecified atom stereocenters. The molecule has 0 aliphatic rings. The van der Waals surface area contributed by atoms with Crippen molar-refractivity contribution in [2.24, 2.45) is 4.99 Å². The summed E-state index contributed by atoms with van der Waals surface area (Å²) in [6.45, 7) is 1.70. The van der Waals surface area contributed by atoms with Gasteiger partial charge in [0, 0.05) is 39.3 Å². The van der Waals surface area contributed by atoms with Gasteiger partial charge < -0.3 is 25.0 Å². The van der Waals surface area contributed by atoms with E-state index in [1.807, 2.05) is 48.5 Å². The summed E-state index contributed by atoms with van der Waals surface area (Å²) in [7, 11) is 6.83. The molecule has 0 heterocycles. The number of carbonyl (C=O) groups excluding carboxylic acids is 1. The number of rotatable bonds is 8. The molecule has 0 radical (unpaired) electrons. The lowest BCUT2D eigenvalue weighted by molar-refractivity contribution is 0.0827. The van der Waals surface area contributed by atoms with E-state index in [-0.39, 0.29) is 29.9 Å². The minimum Gasteiger partial charge on any atom is -0.497 e. The van der Waals surface area contributed by atoms with Crippen molar-refractivity contribution in [3.63, 3.8) is 0 Å². The highest BCUT2D eigenvalue weighted by molar-refractivity contribution is 14.0. The van der Waals surface area contributed by atoms with E-state index in [1.54, 1.807) is 33.2 Å². The second-order valence-corrected chi connectivity index (χ2v) is 6.28. The molecule has 158 valence electrons. The topological polar surface area (TPSA) is 75.2 Å². The van der Waals surface area contributed by atoms with Crippen molar-refractivity contribution in [1.82, 2.24) is 15.5 Å². The van der Waals surface area contributed by atoms with Gasteiger partial charge in [0.1, 0.15) is 18.1 Å². The number of hydrogen-bond donors (Lipinski definition) is 2. The van der Waals surface area contributed by atoms with Gasteiger partial charge in [0.15, 0.2) is 5.96 Å². The van der Waals surface area contributed by atoms with E-state index in [0.29, 0.717) is 31.2 Å². The van der Waals surface area contributed by atoms with Gasteiger partial charge in [-0.3, -0.25) is 9.79 Å². The Kier molecular flexibility index (Phi) is 10.9. The van der Waals surface area contributed by atoms with E-state index in [4.69, 9.17) is 9.47 Å². The summed E-state index contributed by atoms with van der Waals surface area (Å²) in [6, 6.07) is 15.0. The molecule has 2 aromatic carbocycles. The van der Waals surface area contributed by atoms with Gasteiger partial charge in [0.2, 0.25) is 0 Å². The molecule has 29 heavy (non-hydrogen) atoms. The van der Waals surface area contributed by atoms with Gasteiger partial charge in [0.25, 0.3) is 5.91 Å². The van der Waals surface area contributed by atoms with Crippen LogP contribution >= 0.6 is 24.0 Å². The van der Waals surface area contributed by atoms with E-state index in [9.17, 15) is 4.79 Å². The fourth-order valence-corrected chi connectivity index (χ4v) is 2.46. The third kappa shape index (κ3) is 8.18. The molecule has 2 rings (SSSR count). The molecule has 0 saturated carbocycles. The lowest BCUT2D eigenvalue weighted by Crippen LogP contribution is -2.38. The maximum absolute atomic E-state index is 11.9. The number of halogens is 1. The number of methoxy groups -OCH3 is 1. The van der Waals surface area contributed by atoms with Gasteiger partial charge in [-0.2, -0.15) is 0 Å².